The zero-order valence-corrected chi connectivity index (χ0v) is 20.3. The Morgan fingerprint density at radius 1 is 1.00 bits per heavy atom. The van der Waals surface area contributed by atoms with Crippen molar-refractivity contribution in [1.29, 1.82) is 0 Å². The number of benzene rings is 3. The van der Waals surface area contributed by atoms with Gasteiger partial charge in [-0.1, -0.05) is 35.1 Å². The molecule has 0 bridgehead atoms. The summed E-state index contributed by atoms with van der Waals surface area (Å²) in [5.74, 6) is -0.671. The van der Waals surface area contributed by atoms with Gasteiger partial charge < -0.3 is 14.6 Å². The number of ketones is 1. The van der Waals surface area contributed by atoms with Crippen LogP contribution in [0.15, 0.2) is 72.3 Å². The quantitative estimate of drug-likeness (QED) is 0.215. The minimum absolute atomic E-state index is 0.0394. The fourth-order valence-corrected chi connectivity index (χ4v) is 5.19. The fourth-order valence-electron chi connectivity index (χ4n) is 4.04. The van der Waals surface area contributed by atoms with E-state index in [1.54, 1.807) is 67.8 Å². The number of Topliss-reactive ketones (excluding diaryl/α,β-unsaturated/α-hetero) is 1. The Morgan fingerprint density at radius 3 is 2.43 bits per heavy atom. The first-order valence-electron chi connectivity index (χ1n) is 10.6. The number of aliphatic hydroxyl groups is 1. The molecule has 176 valence electrons. The molecule has 4 aromatic rings. The first-order valence-corrected chi connectivity index (χ1v) is 11.8. The number of nitrogens with zero attached hydrogens (tertiary/aromatic N) is 2. The lowest BCUT2D eigenvalue weighted by Crippen LogP contribution is -2.29. The van der Waals surface area contributed by atoms with E-state index < -0.39 is 17.7 Å². The lowest BCUT2D eigenvalue weighted by molar-refractivity contribution is -0.132. The molecule has 35 heavy (non-hydrogen) atoms. The number of amides is 1. The van der Waals surface area contributed by atoms with Crippen molar-refractivity contribution in [3.8, 4) is 11.5 Å². The standard InChI is InChI=1S/C26H19ClN2O5S/c1-33-17-5-3-4-15(12-17)22-21(23(30)14-6-8-16(27)9-7-14)24(31)25(32)29(22)26-28-19-11-10-18(34-2)13-20(19)35-26/h3-13,22,30H,1-2H3. The van der Waals surface area contributed by atoms with Crippen LogP contribution in [0, 0.1) is 0 Å². The number of aromatic nitrogens is 1. The third-order valence-corrected chi connectivity index (χ3v) is 7.03. The van der Waals surface area contributed by atoms with E-state index >= 15 is 0 Å². The van der Waals surface area contributed by atoms with Crippen molar-refractivity contribution < 1.29 is 24.2 Å². The number of aliphatic hydroxyl groups excluding tert-OH is 1. The van der Waals surface area contributed by atoms with Gasteiger partial charge in [-0.2, -0.15) is 0 Å². The summed E-state index contributed by atoms with van der Waals surface area (Å²) in [4.78, 5) is 32.6. The summed E-state index contributed by atoms with van der Waals surface area (Å²) >= 11 is 7.25. The van der Waals surface area contributed by atoms with E-state index in [-0.39, 0.29) is 11.3 Å². The molecular formula is C26H19ClN2O5S. The second-order valence-electron chi connectivity index (χ2n) is 7.78. The van der Waals surface area contributed by atoms with Gasteiger partial charge in [0.25, 0.3) is 5.78 Å². The molecule has 1 aliphatic rings. The van der Waals surface area contributed by atoms with Gasteiger partial charge in [0.2, 0.25) is 0 Å². The maximum Gasteiger partial charge on any atom is 0.301 e. The van der Waals surface area contributed by atoms with Crippen LogP contribution in [-0.4, -0.2) is 36.0 Å². The predicted octanol–water partition coefficient (Wildman–Crippen LogP) is 5.59. The Kier molecular flexibility index (Phi) is 5.92. The van der Waals surface area contributed by atoms with Gasteiger partial charge in [0.1, 0.15) is 17.3 Å². The molecule has 9 heteroatoms. The Balaban J connectivity index is 1.72. The van der Waals surface area contributed by atoms with E-state index in [1.807, 2.05) is 6.07 Å². The van der Waals surface area contributed by atoms with Crippen molar-refractivity contribution in [2.45, 2.75) is 6.04 Å². The van der Waals surface area contributed by atoms with Crippen molar-refractivity contribution in [2.24, 2.45) is 0 Å². The van der Waals surface area contributed by atoms with Crippen LogP contribution in [-0.2, 0) is 9.59 Å². The van der Waals surface area contributed by atoms with Crippen LogP contribution in [0.4, 0.5) is 5.13 Å². The van der Waals surface area contributed by atoms with Crippen molar-refractivity contribution in [2.75, 3.05) is 19.1 Å². The molecular weight excluding hydrogens is 488 g/mol. The number of hydrogen-bond donors (Lipinski definition) is 1. The molecule has 1 N–H and O–H groups in total. The van der Waals surface area contributed by atoms with E-state index in [2.05, 4.69) is 4.98 Å². The van der Waals surface area contributed by atoms with Crippen LogP contribution < -0.4 is 14.4 Å². The molecule has 1 saturated heterocycles. The zero-order chi connectivity index (χ0) is 24.7. The molecule has 1 atom stereocenters. The van der Waals surface area contributed by atoms with E-state index in [0.717, 1.165) is 4.70 Å². The van der Waals surface area contributed by atoms with Crippen LogP contribution in [0.2, 0.25) is 5.02 Å². The SMILES string of the molecule is COc1cccc(C2C(=C(O)c3ccc(Cl)cc3)C(=O)C(=O)N2c2nc3ccc(OC)cc3s2)c1. The number of hydrogen-bond acceptors (Lipinski definition) is 7. The molecule has 0 aliphatic carbocycles. The molecule has 1 aromatic heterocycles. The molecule has 5 rings (SSSR count). The predicted molar refractivity (Wildman–Crippen MR) is 135 cm³/mol. The lowest BCUT2D eigenvalue weighted by Gasteiger charge is -2.23. The number of halogens is 1. The molecule has 1 aliphatic heterocycles. The van der Waals surface area contributed by atoms with Gasteiger partial charge in [0.15, 0.2) is 5.13 Å². The van der Waals surface area contributed by atoms with Crippen molar-refractivity contribution in [1.82, 2.24) is 4.98 Å². The van der Waals surface area contributed by atoms with Gasteiger partial charge in [-0.25, -0.2) is 4.98 Å². The van der Waals surface area contributed by atoms with Crippen molar-refractivity contribution in [3.63, 3.8) is 0 Å². The summed E-state index contributed by atoms with van der Waals surface area (Å²) in [6, 6.07) is 17.9. The number of fused-ring (bicyclic) bond motifs is 1. The van der Waals surface area contributed by atoms with Gasteiger partial charge in [0, 0.05) is 10.6 Å². The fraction of sp³-hybridized carbons (Fsp3) is 0.115. The van der Waals surface area contributed by atoms with Crippen LogP contribution in [0.1, 0.15) is 17.2 Å². The highest BCUT2D eigenvalue weighted by Gasteiger charge is 2.48. The van der Waals surface area contributed by atoms with Crippen LogP contribution in [0.5, 0.6) is 11.5 Å². The van der Waals surface area contributed by atoms with Gasteiger partial charge >= 0.3 is 5.91 Å². The molecule has 1 amide bonds. The highest BCUT2D eigenvalue weighted by atomic mass is 35.5. The molecule has 0 spiro atoms. The third-order valence-electron chi connectivity index (χ3n) is 5.76. The monoisotopic (exact) mass is 506 g/mol. The van der Waals surface area contributed by atoms with Gasteiger partial charge in [0.05, 0.1) is 36.1 Å². The number of carbonyl (C=O) groups excluding carboxylic acids is 2. The van der Waals surface area contributed by atoms with Gasteiger partial charge in [-0.15, -0.1) is 0 Å². The zero-order valence-electron chi connectivity index (χ0n) is 18.7. The second-order valence-corrected chi connectivity index (χ2v) is 9.23. The van der Waals surface area contributed by atoms with Crippen LogP contribution in [0.25, 0.3) is 16.0 Å². The van der Waals surface area contributed by atoms with E-state index in [0.29, 0.717) is 38.3 Å². The maximum absolute atomic E-state index is 13.4. The summed E-state index contributed by atoms with van der Waals surface area (Å²) in [7, 11) is 3.10. The Hall–Kier alpha value is -3.88. The molecule has 3 aromatic carbocycles. The summed E-state index contributed by atoms with van der Waals surface area (Å²) in [6.07, 6.45) is 0. The molecule has 1 fully saturated rings. The van der Waals surface area contributed by atoms with Gasteiger partial charge in [-0.05, 0) is 60.2 Å². The van der Waals surface area contributed by atoms with Crippen LogP contribution in [0.3, 0.4) is 0 Å². The maximum atomic E-state index is 13.4. The largest absolute Gasteiger partial charge is 0.507 e. The minimum Gasteiger partial charge on any atom is -0.507 e. The Bertz CT molecular complexity index is 1500. The number of rotatable bonds is 5. The normalized spacial score (nSPS) is 17.2. The average Bonchev–Trinajstić information content (AvgIpc) is 3.41. The average molecular weight is 507 g/mol. The molecule has 1 unspecified atom stereocenters. The molecule has 0 radical (unpaired) electrons. The number of methoxy groups -OCH3 is 2. The third kappa shape index (κ3) is 4.00. The first-order chi connectivity index (χ1) is 16.9. The number of anilines is 1. The Morgan fingerprint density at radius 2 is 1.71 bits per heavy atom. The highest BCUT2D eigenvalue weighted by molar-refractivity contribution is 7.22. The summed E-state index contributed by atoms with van der Waals surface area (Å²) in [5.41, 5.74) is 1.59. The summed E-state index contributed by atoms with van der Waals surface area (Å²) < 4.78 is 11.5. The minimum atomic E-state index is -0.914. The van der Waals surface area contributed by atoms with Gasteiger partial charge in [-0.3, -0.25) is 14.5 Å². The van der Waals surface area contributed by atoms with Crippen molar-refractivity contribution >= 4 is 55.7 Å². The summed E-state index contributed by atoms with van der Waals surface area (Å²) in [6.45, 7) is 0. The van der Waals surface area contributed by atoms with E-state index in [9.17, 15) is 14.7 Å². The van der Waals surface area contributed by atoms with Crippen LogP contribution >= 0.6 is 22.9 Å². The molecule has 7 nitrogen and oxygen atoms in total. The topological polar surface area (TPSA) is 89.0 Å². The molecule has 0 saturated carbocycles. The van der Waals surface area contributed by atoms with E-state index in [1.165, 1.54) is 23.3 Å². The smallest absolute Gasteiger partial charge is 0.301 e. The highest BCUT2D eigenvalue weighted by Crippen LogP contribution is 2.45. The number of ether oxygens (including phenoxy) is 2. The van der Waals surface area contributed by atoms with Crippen molar-refractivity contribution in [3.05, 3.63) is 88.5 Å². The second kappa shape index (κ2) is 9.05. The Labute approximate surface area is 209 Å². The first kappa shape index (κ1) is 22.9. The number of carbonyl (C=O) groups is 2. The van der Waals surface area contributed by atoms with E-state index in [4.69, 9.17) is 21.1 Å². The molecule has 2 heterocycles. The summed E-state index contributed by atoms with van der Waals surface area (Å²) in [5, 5.41) is 12.0. The number of thiazole rings is 1. The lowest BCUT2D eigenvalue weighted by atomic mass is 9.95.